The van der Waals surface area contributed by atoms with Crippen molar-refractivity contribution >= 4 is 11.7 Å². The molecule has 0 heterocycles. The van der Waals surface area contributed by atoms with Crippen LogP contribution in [0.2, 0.25) is 0 Å². The lowest BCUT2D eigenvalue weighted by molar-refractivity contribution is -0.126. The number of fused-ring (bicyclic) bond motifs is 1. The van der Waals surface area contributed by atoms with Gasteiger partial charge in [0.15, 0.2) is 5.78 Å². The lowest BCUT2D eigenvalue weighted by Gasteiger charge is -2.04. The van der Waals surface area contributed by atoms with Crippen molar-refractivity contribution in [2.45, 2.75) is 32.1 Å². The Morgan fingerprint density at radius 3 is 2.33 bits per heavy atom. The third-order valence-corrected chi connectivity index (χ3v) is 4.16. The molecule has 3 fully saturated rings. The molecule has 0 aliphatic heterocycles. The van der Waals surface area contributed by atoms with Gasteiger partial charge < -0.3 is 5.32 Å². The van der Waals surface area contributed by atoms with E-state index in [9.17, 15) is 9.59 Å². The number of Topliss-reactive ketones (excluding diaryl/α,β-unsaturated/α-hetero) is 1. The van der Waals surface area contributed by atoms with Crippen LogP contribution >= 0.6 is 0 Å². The number of hydrogen-bond donors (Lipinski definition) is 1. The molecule has 0 bridgehead atoms. The van der Waals surface area contributed by atoms with Gasteiger partial charge in [0.05, 0.1) is 6.54 Å². The molecule has 0 aromatic rings. The maximum Gasteiger partial charge on any atom is 0.223 e. The zero-order valence-electron chi connectivity index (χ0n) is 8.87. The Morgan fingerprint density at radius 1 is 1.07 bits per heavy atom. The van der Waals surface area contributed by atoms with Gasteiger partial charge in [-0.2, -0.15) is 0 Å². The van der Waals surface area contributed by atoms with Crippen LogP contribution in [0.15, 0.2) is 0 Å². The van der Waals surface area contributed by atoms with Crippen LogP contribution in [0.1, 0.15) is 32.1 Å². The lowest BCUT2D eigenvalue weighted by atomic mass is 10.1. The predicted octanol–water partition coefficient (Wildman–Crippen LogP) is 1.13. The molecule has 1 amide bonds. The molecule has 0 radical (unpaired) electrons. The summed E-state index contributed by atoms with van der Waals surface area (Å²) in [6, 6.07) is 0. The highest BCUT2D eigenvalue weighted by Crippen LogP contribution is 2.57. The third kappa shape index (κ3) is 1.68. The highest BCUT2D eigenvalue weighted by molar-refractivity contribution is 5.91. The van der Waals surface area contributed by atoms with Crippen LogP contribution in [0.3, 0.4) is 0 Å². The van der Waals surface area contributed by atoms with E-state index in [1.807, 2.05) is 0 Å². The minimum Gasteiger partial charge on any atom is -0.349 e. The number of carbonyl (C=O) groups is 2. The quantitative estimate of drug-likeness (QED) is 0.751. The largest absolute Gasteiger partial charge is 0.349 e. The van der Waals surface area contributed by atoms with E-state index in [2.05, 4.69) is 5.32 Å². The molecule has 0 saturated heterocycles. The van der Waals surface area contributed by atoms with Gasteiger partial charge >= 0.3 is 0 Å². The van der Waals surface area contributed by atoms with E-state index in [1.165, 1.54) is 19.3 Å². The van der Waals surface area contributed by atoms with E-state index < -0.39 is 0 Å². The van der Waals surface area contributed by atoms with E-state index in [4.69, 9.17) is 0 Å². The second kappa shape index (κ2) is 3.32. The van der Waals surface area contributed by atoms with Crippen LogP contribution in [0.4, 0.5) is 0 Å². The van der Waals surface area contributed by atoms with Crippen molar-refractivity contribution in [1.82, 2.24) is 5.32 Å². The van der Waals surface area contributed by atoms with Crippen molar-refractivity contribution in [2.75, 3.05) is 6.54 Å². The third-order valence-electron chi connectivity index (χ3n) is 4.16. The first-order valence-electron chi connectivity index (χ1n) is 6.08. The Kier molecular flexibility index (Phi) is 2.08. The smallest absolute Gasteiger partial charge is 0.223 e. The fraction of sp³-hybridized carbons (Fsp3) is 0.833. The molecular weight excluding hydrogens is 190 g/mol. The number of ketones is 1. The molecule has 3 rings (SSSR count). The Hall–Kier alpha value is -0.860. The SMILES string of the molecule is O=C(NCC(=O)C1[C@H]2CCC[C@@H]12)C1CC1. The average Bonchev–Trinajstić information content (AvgIpc) is 3.14. The summed E-state index contributed by atoms with van der Waals surface area (Å²) >= 11 is 0. The van der Waals surface area contributed by atoms with E-state index in [-0.39, 0.29) is 24.2 Å². The Bertz CT molecular complexity index is 299. The topological polar surface area (TPSA) is 46.2 Å². The summed E-state index contributed by atoms with van der Waals surface area (Å²) < 4.78 is 0. The Labute approximate surface area is 89.6 Å². The Balaban J connectivity index is 1.44. The van der Waals surface area contributed by atoms with Crippen LogP contribution in [0.25, 0.3) is 0 Å². The van der Waals surface area contributed by atoms with Crippen LogP contribution in [0, 0.1) is 23.7 Å². The van der Waals surface area contributed by atoms with Crippen molar-refractivity contribution in [1.29, 1.82) is 0 Å². The summed E-state index contributed by atoms with van der Waals surface area (Å²) in [5.41, 5.74) is 0. The summed E-state index contributed by atoms with van der Waals surface area (Å²) in [5, 5.41) is 2.77. The molecule has 15 heavy (non-hydrogen) atoms. The molecule has 3 aliphatic carbocycles. The van der Waals surface area contributed by atoms with Crippen molar-refractivity contribution in [3.63, 3.8) is 0 Å². The van der Waals surface area contributed by atoms with Crippen molar-refractivity contribution in [3.05, 3.63) is 0 Å². The molecule has 1 N–H and O–H groups in total. The molecule has 1 unspecified atom stereocenters. The number of carbonyl (C=O) groups excluding carboxylic acids is 2. The zero-order chi connectivity index (χ0) is 10.4. The van der Waals surface area contributed by atoms with Gasteiger partial charge in [-0.3, -0.25) is 9.59 Å². The average molecular weight is 207 g/mol. The monoisotopic (exact) mass is 207 g/mol. The van der Waals surface area contributed by atoms with Gasteiger partial charge in [0, 0.05) is 11.8 Å². The predicted molar refractivity (Wildman–Crippen MR) is 55.1 cm³/mol. The fourth-order valence-electron chi connectivity index (χ4n) is 3.08. The number of hydrogen-bond acceptors (Lipinski definition) is 2. The van der Waals surface area contributed by atoms with E-state index >= 15 is 0 Å². The van der Waals surface area contributed by atoms with Gasteiger partial charge in [0.1, 0.15) is 0 Å². The van der Waals surface area contributed by atoms with Gasteiger partial charge in [-0.25, -0.2) is 0 Å². The minimum absolute atomic E-state index is 0.0918. The van der Waals surface area contributed by atoms with Gasteiger partial charge in [-0.1, -0.05) is 6.42 Å². The molecular formula is C12H17NO2. The summed E-state index contributed by atoms with van der Waals surface area (Å²) in [6.45, 7) is 0.285. The van der Waals surface area contributed by atoms with Crippen LogP contribution in [-0.2, 0) is 9.59 Å². The number of amides is 1. The maximum atomic E-state index is 11.8. The van der Waals surface area contributed by atoms with Crippen LogP contribution in [-0.4, -0.2) is 18.2 Å². The highest BCUT2D eigenvalue weighted by atomic mass is 16.2. The van der Waals surface area contributed by atoms with Crippen LogP contribution in [0.5, 0.6) is 0 Å². The van der Waals surface area contributed by atoms with Crippen LogP contribution < -0.4 is 5.32 Å². The van der Waals surface area contributed by atoms with E-state index in [0.717, 1.165) is 12.8 Å². The standard InChI is InChI=1S/C12H17NO2/c14-10(6-13-12(15)7-4-5-7)11-8-2-1-3-9(8)11/h7-9,11H,1-6H2,(H,13,15)/t8-,9+,11?. The molecule has 3 aliphatic rings. The first kappa shape index (κ1) is 9.37. The number of nitrogens with one attached hydrogen (secondary N) is 1. The highest BCUT2D eigenvalue weighted by Gasteiger charge is 2.55. The second-order valence-electron chi connectivity index (χ2n) is 5.24. The first-order valence-corrected chi connectivity index (χ1v) is 6.08. The molecule has 3 atom stereocenters. The molecule has 3 saturated carbocycles. The van der Waals surface area contributed by atoms with Gasteiger partial charge in [0.2, 0.25) is 5.91 Å². The molecule has 3 heteroatoms. The molecule has 0 aromatic carbocycles. The van der Waals surface area contributed by atoms with Crippen molar-refractivity contribution in [3.8, 4) is 0 Å². The maximum absolute atomic E-state index is 11.8. The molecule has 82 valence electrons. The normalized spacial score (nSPS) is 37.2. The summed E-state index contributed by atoms with van der Waals surface area (Å²) in [4.78, 5) is 23.1. The van der Waals surface area contributed by atoms with Crippen molar-refractivity contribution in [2.24, 2.45) is 23.7 Å². The summed E-state index contributed by atoms with van der Waals surface area (Å²) in [6.07, 6.45) is 5.78. The van der Waals surface area contributed by atoms with E-state index in [1.54, 1.807) is 0 Å². The lowest BCUT2D eigenvalue weighted by Crippen LogP contribution is -2.31. The summed E-state index contributed by atoms with van der Waals surface area (Å²) in [5.74, 6) is 2.24. The second-order valence-corrected chi connectivity index (χ2v) is 5.24. The van der Waals surface area contributed by atoms with Gasteiger partial charge in [-0.05, 0) is 37.5 Å². The van der Waals surface area contributed by atoms with Gasteiger partial charge in [-0.15, -0.1) is 0 Å². The molecule has 3 nitrogen and oxygen atoms in total. The fourth-order valence-corrected chi connectivity index (χ4v) is 3.08. The van der Waals surface area contributed by atoms with E-state index in [0.29, 0.717) is 17.8 Å². The zero-order valence-corrected chi connectivity index (χ0v) is 8.87. The summed E-state index contributed by atoms with van der Waals surface area (Å²) in [7, 11) is 0. The van der Waals surface area contributed by atoms with Crippen molar-refractivity contribution < 1.29 is 9.59 Å². The number of rotatable bonds is 4. The molecule has 0 spiro atoms. The first-order chi connectivity index (χ1) is 7.27. The minimum atomic E-state index is 0.0918. The molecule has 0 aromatic heterocycles. The van der Waals surface area contributed by atoms with Gasteiger partial charge in [0.25, 0.3) is 0 Å². The Morgan fingerprint density at radius 2 is 1.73 bits per heavy atom.